The smallest absolute Gasteiger partial charge is 0.324 e. The molecule has 0 saturated heterocycles. The Bertz CT molecular complexity index is 470. The molecule has 0 spiro atoms. The second-order valence-corrected chi connectivity index (χ2v) is 6.04. The van der Waals surface area contributed by atoms with Crippen LogP contribution >= 0.6 is 0 Å². The molecule has 0 bridgehead atoms. The van der Waals surface area contributed by atoms with Gasteiger partial charge in [0.25, 0.3) is 0 Å². The lowest BCUT2D eigenvalue weighted by molar-refractivity contribution is 0.208. The van der Waals surface area contributed by atoms with E-state index in [1.54, 1.807) is 4.90 Å². The van der Waals surface area contributed by atoms with Crippen molar-refractivity contribution in [3.63, 3.8) is 0 Å². The lowest BCUT2D eigenvalue weighted by Crippen LogP contribution is -2.46. The van der Waals surface area contributed by atoms with Crippen LogP contribution in [0.2, 0.25) is 0 Å². The van der Waals surface area contributed by atoms with Crippen molar-refractivity contribution < 1.29 is 4.79 Å². The fourth-order valence-corrected chi connectivity index (χ4v) is 2.27. The quantitative estimate of drug-likeness (QED) is 0.905. The van der Waals surface area contributed by atoms with Gasteiger partial charge in [-0.15, -0.1) is 0 Å². The highest BCUT2D eigenvalue weighted by Crippen LogP contribution is 2.29. The third-order valence-electron chi connectivity index (χ3n) is 3.81. The van der Waals surface area contributed by atoms with E-state index in [-0.39, 0.29) is 11.4 Å². The second-order valence-electron chi connectivity index (χ2n) is 6.04. The predicted molar refractivity (Wildman–Crippen MR) is 78.1 cm³/mol. The second kappa shape index (κ2) is 5.21. The topological polar surface area (TPSA) is 49.6 Å². The summed E-state index contributed by atoms with van der Waals surface area (Å²) >= 11 is 0. The molecule has 1 aliphatic rings. The number of benzene rings is 1. The number of hydrogen-bond acceptors (Lipinski definition) is 2. The van der Waals surface area contributed by atoms with Gasteiger partial charge in [0.2, 0.25) is 0 Å². The summed E-state index contributed by atoms with van der Waals surface area (Å²) < 4.78 is 0. The number of para-hydroxylation sites is 1. The number of carbonyl (C=O) groups is 1. The average Bonchev–Trinajstić information content (AvgIpc) is 2.39. The van der Waals surface area contributed by atoms with E-state index >= 15 is 0 Å². The largest absolute Gasteiger partial charge is 0.330 e. The van der Waals surface area contributed by atoms with E-state index in [0.29, 0.717) is 19.6 Å². The summed E-state index contributed by atoms with van der Waals surface area (Å²) in [6.07, 6.45) is 0.900. The maximum atomic E-state index is 12.3. The van der Waals surface area contributed by atoms with Gasteiger partial charge in [-0.2, -0.15) is 0 Å². The van der Waals surface area contributed by atoms with Gasteiger partial charge in [0.05, 0.1) is 5.69 Å². The molecule has 1 aromatic rings. The SMILES string of the molecule is CN1Cc2ccccc2N(CCC(C)(C)CN)C1=O. The molecule has 0 saturated carbocycles. The van der Waals surface area contributed by atoms with Crippen LogP contribution in [0.4, 0.5) is 10.5 Å². The van der Waals surface area contributed by atoms with Gasteiger partial charge in [0.1, 0.15) is 0 Å². The van der Waals surface area contributed by atoms with Gasteiger partial charge < -0.3 is 10.6 Å². The minimum Gasteiger partial charge on any atom is -0.330 e. The number of urea groups is 1. The number of rotatable bonds is 4. The number of fused-ring (bicyclic) bond motifs is 1. The molecule has 19 heavy (non-hydrogen) atoms. The highest BCUT2D eigenvalue weighted by atomic mass is 16.2. The van der Waals surface area contributed by atoms with Gasteiger partial charge in [-0.1, -0.05) is 32.0 Å². The number of amides is 2. The predicted octanol–water partition coefficient (Wildman–Crippen LogP) is 2.43. The van der Waals surface area contributed by atoms with Crippen molar-refractivity contribution in [3.05, 3.63) is 29.8 Å². The normalized spacial score (nSPS) is 15.7. The summed E-state index contributed by atoms with van der Waals surface area (Å²) in [5.74, 6) is 0. The molecule has 0 atom stereocenters. The third-order valence-corrected chi connectivity index (χ3v) is 3.81. The lowest BCUT2D eigenvalue weighted by atomic mass is 9.89. The van der Waals surface area contributed by atoms with Crippen LogP contribution in [0.5, 0.6) is 0 Å². The van der Waals surface area contributed by atoms with E-state index in [1.165, 1.54) is 5.56 Å². The summed E-state index contributed by atoms with van der Waals surface area (Å²) in [5.41, 5.74) is 8.07. The van der Waals surface area contributed by atoms with Gasteiger partial charge >= 0.3 is 6.03 Å². The van der Waals surface area contributed by atoms with Gasteiger partial charge in [-0.3, -0.25) is 4.90 Å². The highest BCUT2D eigenvalue weighted by molar-refractivity contribution is 5.94. The average molecular weight is 261 g/mol. The van der Waals surface area contributed by atoms with Gasteiger partial charge in [0, 0.05) is 20.1 Å². The van der Waals surface area contributed by atoms with Crippen LogP contribution in [0, 0.1) is 5.41 Å². The van der Waals surface area contributed by atoms with E-state index in [1.807, 2.05) is 30.1 Å². The molecule has 1 aliphatic heterocycles. The molecular formula is C15H23N3O. The van der Waals surface area contributed by atoms with Crippen LogP contribution < -0.4 is 10.6 Å². The first-order valence-electron chi connectivity index (χ1n) is 6.75. The van der Waals surface area contributed by atoms with Crippen molar-refractivity contribution in [2.45, 2.75) is 26.8 Å². The van der Waals surface area contributed by atoms with E-state index < -0.39 is 0 Å². The van der Waals surface area contributed by atoms with Crippen LogP contribution in [0.1, 0.15) is 25.8 Å². The molecule has 4 nitrogen and oxygen atoms in total. The number of nitrogens with zero attached hydrogens (tertiary/aromatic N) is 2. The Morgan fingerprint density at radius 2 is 2.00 bits per heavy atom. The van der Waals surface area contributed by atoms with E-state index in [2.05, 4.69) is 19.9 Å². The standard InChI is InChI=1S/C15H23N3O/c1-15(2,11-16)8-9-18-13-7-5-4-6-12(13)10-17(3)14(18)19/h4-7H,8-11,16H2,1-3H3. The van der Waals surface area contributed by atoms with E-state index in [9.17, 15) is 4.79 Å². The molecule has 104 valence electrons. The highest BCUT2D eigenvalue weighted by Gasteiger charge is 2.29. The summed E-state index contributed by atoms with van der Waals surface area (Å²) in [5, 5.41) is 0. The summed E-state index contributed by atoms with van der Waals surface area (Å²) in [6, 6.07) is 8.18. The first-order valence-corrected chi connectivity index (χ1v) is 6.75. The van der Waals surface area contributed by atoms with Crippen molar-refractivity contribution in [1.29, 1.82) is 0 Å². The van der Waals surface area contributed by atoms with E-state index in [4.69, 9.17) is 5.73 Å². The molecule has 1 heterocycles. The third kappa shape index (κ3) is 2.89. The molecule has 0 aromatic heterocycles. The first-order chi connectivity index (χ1) is 8.94. The van der Waals surface area contributed by atoms with Crippen LogP contribution in [-0.2, 0) is 6.54 Å². The Morgan fingerprint density at radius 1 is 1.32 bits per heavy atom. The maximum absolute atomic E-state index is 12.3. The Labute approximate surface area is 115 Å². The zero-order valence-electron chi connectivity index (χ0n) is 12.0. The molecule has 2 rings (SSSR count). The van der Waals surface area contributed by atoms with Crippen LogP contribution in [-0.4, -0.2) is 31.1 Å². The Balaban J connectivity index is 2.21. The minimum absolute atomic E-state index is 0.0608. The minimum atomic E-state index is 0.0608. The van der Waals surface area contributed by atoms with Crippen molar-refractivity contribution in [2.75, 3.05) is 25.0 Å². The van der Waals surface area contributed by atoms with E-state index in [0.717, 1.165) is 12.1 Å². The summed E-state index contributed by atoms with van der Waals surface area (Å²) in [7, 11) is 1.85. The summed E-state index contributed by atoms with van der Waals surface area (Å²) in [4.78, 5) is 15.9. The lowest BCUT2D eigenvalue weighted by Gasteiger charge is -2.36. The number of anilines is 1. The Kier molecular flexibility index (Phi) is 3.80. The Morgan fingerprint density at radius 3 is 2.68 bits per heavy atom. The monoisotopic (exact) mass is 261 g/mol. The molecule has 2 N–H and O–H groups in total. The Hall–Kier alpha value is -1.55. The van der Waals surface area contributed by atoms with Crippen molar-refractivity contribution in [3.8, 4) is 0 Å². The summed E-state index contributed by atoms with van der Waals surface area (Å²) in [6.45, 7) is 6.30. The van der Waals surface area contributed by atoms with Gasteiger partial charge in [0.15, 0.2) is 0 Å². The number of carbonyl (C=O) groups excluding carboxylic acids is 1. The van der Waals surface area contributed by atoms with Gasteiger partial charge in [-0.05, 0) is 30.0 Å². The van der Waals surface area contributed by atoms with Crippen molar-refractivity contribution in [1.82, 2.24) is 4.90 Å². The molecule has 0 aliphatic carbocycles. The van der Waals surface area contributed by atoms with Crippen molar-refractivity contribution >= 4 is 11.7 Å². The zero-order valence-corrected chi connectivity index (χ0v) is 12.0. The molecule has 0 fully saturated rings. The maximum Gasteiger partial charge on any atom is 0.324 e. The van der Waals surface area contributed by atoms with Gasteiger partial charge in [-0.25, -0.2) is 4.79 Å². The molecule has 2 amide bonds. The fraction of sp³-hybridized carbons (Fsp3) is 0.533. The number of nitrogens with two attached hydrogens (primary N) is 1. The van der Waals surface area contributed by atoms with Crippen molar-refractivity contribution in [2.24, 2.45) is 11.1 Å². The van der Waals surface area contributed by atoms with Crippen LogP contribution in [0.3, 0.4) is 0 Å². The zero-order chi connectivity index (χ0) is 14.0. The van der Waals surface area contributed by atoms with Crippen LogP contribution in [0.25, 0.3) is 0 Å². The van der Waals surface area contributed by atoms with Crippen LogP contribution in [0.15, 0.2) is 24.3 Å². The molecule has 0 radical (unpaired) electrons. The molecule has 4 heteroatoms. The molecular weight excluding hydrogens is 238 g/mol. The first kappa shape index (κ1) is 13.9. The fourth-order valence-electron chi connectivity index (χ4n) is 2.27. The molecule has 0 unspecified atom stereocenters. The molecule has 1 aromatic carbocycles. The number of hydrogen-bond donors (Lipinski definition) is 1.